The first-order valence-electron chi connectivity index (χ1n) is 9.34. The first kappa shape index (κ1) is 20.0. The highest BCUT2D eigenvalue weighted by Crippen LogP contribution is 2.60. The molecule has 1 aromatic carbocycles. The van der Waals surface area contributed by atoms with Gasteiger partial charge in [-0.15, -0.1) is 0 Å². The van der Waals surface area contributed by atoms with E-state index in [0.717, 1.165) is 30.5 Å². The monoisotopic (exact) mass is 433 g/mol. The number of carbonyl (C=O) groups is 2. The highest BCUT2D eigenvalue weighted by Gasteiger charge is 2.69. The molecule has 3 fully saturated rings. The third-order valence-electron chi connectivity index (χ3n) is 5.68. The number of hydrogen-bond acceptors (Lipinski definition) is 4. The number of hydrogen-bond donors (Lipinski definition) is 2. The summed E-state index contributed by atoms with van der Waals surface area (Å²) in [4.78, 5) is 29.0. The largest absolute Gasteiger partial charge is 0.484 e. The van der Waals surface area contributed by atoms with Gasteiger partial charge in [0.2, 0.25) is 0 Å². The minimum absolute atomic E-state index is 0.104. The molecule has 2 bridgehead atoms. The van der Waals surface area contributed by atoms with Gasteiger partial charge in [0, 0.05) is 29.0 Å². The molecular formula is C21H21Cl2N3O3. The number of ether oxygens (including phenoxy) is 1. The minimum Gasteiger partial charge on any atom is -0.484 e. The van der Waals surface area contributed by atoms with Crippen LogP contribution in [0, 0.1) is 13.8 Å². The second kappa shape index (κ2) is 7.18. The number of nitrogens with one attached hydrogen (secondary N) is 2. The molecule has 0 spiro atoms. The Bertz CT molecular complexity index is 989. The van der Waals surface area contributed by atoms with Crippen LogP contribution in [-0.4, -0.2) is 34.5 Å². The van der Waals surface area contributed by atoms with E-state index in [2.05, 4.69) is 15.6 Å². The van der Waals surface area contributed by atoms with Gasteiger partial charge in [-0.2, -0.15) is 0 Å². The highest BCUT2D eigenvalue weighted by molar-refractivity contribution is 6.42. The fraction of sp³-hybridized carbons (Fsp3) is 0.381. The summed E-state index contributed by atoms with van der Waals surface area (Å²) in [7, 11) is 0. The van der Waals surface area contributed by atoms with Crippen molar-refractivity contribution in [2.45, 2.75) is 44.2 Å². The number of carbonyl (C=O) groups excluding carboxylic acids is 2. The molecule has 2 amide bonds. The second-order valence-corrected chi connectivity index (χ2v) is 8.90. The quantitative estimate of drug-likeness (QED) is 0.728. The maximum atomic E-state index is 12.5. The zero-order chi connectivity index (χ0) is 20.8. The van der Waals surface area contributed by atoms with Crippen LogP contribution in [0.3, 0.4) is 0 Å². The average Bonchev–Trinajstić information content (AvgIpc) is 2.62. The van der Waals surface area contributed by atoms with Crippen molar-refractivity contribution in [3.63, 3.8) is 0 Å². The van der Waals surface area contributed by atoms with Crippen molar-refractivity contribution < 1.29 is 14.3 Å². The molecule has 3 aliphatic rings. The van der Waals surface area contributed by atoms with Crippen molar-refractivity contribution in [3.05, 3.63) is 57.3 Å². The average molecular weight is 434 g/mol. The van der Waals surface area contributed by atoms with Crippen LogP contribution in [0.15, 0.2) is 30.5 Å². The third kappa shape index (κ3) is 3.91. The molecule has 3 aliphatic carbocycles. The van der Waals surface area contributed by atoms with Crippen LogP contribution in [0.2, 0.25) is 10.0 Å². The number of pyridine rings is 1. The lowest BCUT2D eigenvalue weighted by Crippen LogP contribution is -2.84. The normalized spacial score (nSPS) is 24.1. The Kier molecular flexibility index (Phi) is 4.95. The van der Waals surface area contributed by atoms with E-state index in [1.807, 2.05) is 19.9 Å². The molecule has 3 saturated carbocycles. The minimum atomic E-state index is -0.243. The molecule has 0 unspecified atom stereocenters. The van der Waals surface area contributed by atoms with E-state index in [0.29, 0.717) is 21.4 Å². The Morgan fingerprint density at radius 2 is 1.76 bits per heavy atom. The van der Waals surface area contributed by atoms with E-state index < -0.39 is 0 Å². The maximum absolute atomic E-state index is 12.5. The zero-order valence-electron chi connectivity index (χ0n) is 16.1. The van der Waals surface area contributed by atoms with Crippen molar-refractivity contribution in [3.8, 4) is 5.75 Å². The van der Waals surface area contributed by atoms with Gasteiger partial charge in [-0.05, 0) is 56.9 Å². The molecule has 6 nitrogen and oxygen atoms in total. The standard InChI is InChI=1S/C21H21Cl2N3O3/c1-12-5-14(7-24-13(12)2)19(28)26-21-9-20(10-21,11-21)25-18(27)8-29-15-3-4-16(22)17(23)6-15/h3-7H,8-11H2,1-2H3,(H,25,27)(H,26,28). The Balaban J connectivity index is 1.25. The molecule has 1 heterocycles. The van der Waals surface area contributed by atoms with Gasteiger partial charge >= 0.3 is 0 Å². The summed E-state index contributed by atoms with van der Waals surface area (Å²) in [6.07, 6.45) is 3.77. The van der Waals surface area contributed by atoms with E-state index in [1.54, 1.807) is 24.4 Å². The van der Waals surface area contributed by atoms with Crippen molar-refractivity contribution in [2.24, 2.45) is 0 Å². The van der Waals surface area contributed by atoms with Gasteiger partial charge in [-0.3, -0.25) is 14.6 Å². The topological polar surface area (TPSA) is 80.3 Å². The first-order chi connectivity index (χ1) is 13.7. The molecule has 8 heteroatoms. The summed E-state index contributed by atoms with van der Waals surface area (Å²) in [5.41, 5.74) is 1.99. The van der Waals surface area contributed by atoms with Crippen molar-refractivity contribution >= 4 is 35.0 Å². The lowest BCUT2D eigenvalue weighted by molar-refractivity contribution is -0.141. The summed E-state index contributed by atoms with van der Waals surface area (Å²) in [5.74, 6) is 0.162. The predicted molar refractivity (Wildman–Crippen MR) is 111 cm³/mol. The van der Waals surface area contributed by atoms with E-state index in [1.165, 1.54) is 0 Å². The van der Waals surface area contributed by atoms with E-state index in [-0.39, 0.29) is 29.5 Å². The van der Waals surface area contributed by atoms with Crippen molar-refractivity contribution in [1.29, 1.82) is 0 Å². The van der Waals surface area contributed by atoms with Gasteiger partial charge in [0.25, 0.3) is 11.8 Å². The molecule has 0 aliphatic heterocycles. The molecular weight excluding hydrogens is 413 g/mol. The molecule has 0 radical (unpaired) electrons. The third-order valence-corrected chi connectivity index (χ3v) is 6.42. The fourth-order valence-electron chi connectivity index (χ4n) is 4.18. The zero-order valence-corrected chi connectivity index (χ0v) is 17.7. The molecule has 5 rings (SSSR count). The summed E-state index contributed by atoms with van der Waals surface area (Å²) in [6.45, 7) is 3.74. The highest BCUT2D eigenvalue weighted by atomic mass is 35.5. The molecule has 0 saturated heterocycles. The Labute approximate surface area is 178 Å². The Hall–Kier alpha value is -2.31. The number of aromatic nitrogens is 1. The van der Waals surface area contributed by atoms with Crippen LogP contribution >= 0.6 is 23.2 Å². The van der Waals surface area contributed by atoms with Crippen LogP contribution in [-0.2, 0) is 4.79 Å². The molecule has 2 N–H and O–H groups in total. The molecule has 152 valence electrons. The summed E-state index contributed by atoms with van der Waals surface area (Å²) >= 11 is 11.8. The summed E-state index contributed by atoms with van der Waals surface area (Å²) in [5, 5.41) is 6.93. The number of amides is 2. The number of aryl methyl sites for hydroxylation is 2. The Morgan fingerprint density at radius 1 is 1.07 bits per heavy atom. The molecule has 29 heavy (non-hydrogen) atoms. The van der Waals surface area contributed by atoms with Crippen molar-refractivity contribution in [2.75, 3.05) is 6.61 Å². The number of rotatable bonds is 6. The lowest BCUT2D eigenvalue weighted by Gasteiger charge is -2.70. The van der Waals surface area contributed by atoms with Gasteiger partial charge in [0.15, 0.2) is 6.61 Å². The first-order valence-corrected chi connectivity index (χ1v) is 10.1. The number of halogens is 2. The van der Waals surface area contributed by atoms with E-state index in [4.69, 9.17) is 27.9 Å². The van der Waals surface area contributed by atoms with Crippen LogP contribution in [0.1, 0.15) is 40.9 Å². The number of nitrogens with zero attached hydrogens (tertiary/aromatic N) is 1. The summed E-state index contributed by atoms with van der Waals surface area (Å²) in [6, 6.07) is 6.70. The Morgan fingerprint density at radius 3 is 2.41 bits per heavy atom. The van der Waals surface area contributed by atoms with Gasteiger partial charge in [0.1, 0.15) is 5.75 Å². The van der Waals surface area contributed by atoms with Crippen LogP contribution in [0.5, 0.6) is 5.75 Å². The van der Waals surface area contributed by atoms with E-state index in [9.17, 15) is 9.59 Å². The van der Waals surface area contributed by atoms with E-state index >= 15 is 0 Å². The van der Waals surface area contributed by atoms with Crippen LogP contribution in [0.4, 0.5) is 0 Å². The maximum Gasteiger partial charge on any atom is 0.258 e. The fourth-order valence-corrected chi connectivity index (χ4v) is 4.47. The second-order valence-electron chi connectivity index (χ2n) is 8.08. The van der Waals surface area contributed by atoms with Gasteiger partial charge in [-0.25, -0.2) is 0 Å². The van der Waals surface area contributed by atoms with Gasteiger partial charge < -0.3 is 15.4 Å². The molecule has 2 aromatic rings. The predicted octanol–water partition coefficient (Wildman–Crippen LogP) is 3.61. The molecule has 1 aromatic heterocycles. The van der Waals surface area contributed by atoms with Crippen LogP contribution < -0.4 is 15.4 Å². The molecule has 0 atom stereocenters. The van der Waals surface area contributed by atoms with Crippen molar-refractivity contribution in [1.82, 2.24) is 15.6 Å². The van der Waals surface area contributed by atoms with Crippen LogP contribution in [0.25, 0.3) is 0 Å². The smallest absolute Gasteiger partial charge is 0.258 e. The van der Waals surface area contributed by atoms with Gasteiger partial charge in [0.05, 0.1) is 15.6 Å². The lowest BCUT2D eigenvalue weighted by atomic mass is 9.44. The van der Waals surface area contributed by atoms with Gasteiger partial charge in [-0.1, -0.05) is 23.2 Å². The SMILES string of the molecule is Cc1cc(C(=O)NC23CC(NC(=O)COc4ccc(Cl)c(Cl)c4)(C2)C3)cnc1C. The summed E-state index contributed by atoms with van der Waals surface area (Å²) < 4.78 is 5.47. The number of benzene rings is 1.